The van der Waals surface area contributed by atoms with Crippen molar-refractivity contribution in [1.29, 1.82) is 0 Å². The fraction of sp³-hybridized carbons (Fsp3) is 0.474. The van der Waals surface area contributed by atoms with E-state index in [9.17, 15) is 4.79 Å². The minimum absolute atomic E-state index is 0.132. The van der Waals surface area contributed by atoms with Gasteiger partial charge in [0.05, 0.1) is 25.3 Å². The van der Waals surface area contributed by atoms with Gasteiger partial charge in [-0.25, -0.2) is 0 Å². The molecule has 6 heteroatoms. The first-order valence-corrected chi connectivity index (χ1v) is 8.75. The molecule has 1 aromatic heterocycles. The summed E-state index contributed by atoms with van der Waals surface area (Å²) in [6.07, 6.45) is 6.60. The first-order valence-electron chi connectivity index (χ1n) is 8.75. The molecule has 1 saturated heterocycles. The van der Waals surface area contributed by atoms with Crippen LogP contribution in [-0.4, -0.2) is 40.8 Å². The predicted octanol–water partition coefficient (Wildman–Crippen LogP) is 2.34. The molecule has 6 nitrogen and oxygen atoms in total. The van der Waals surface area contributed by atoms with Crippen LogP contribution in [0.2, 0.25) is 0 Å². The number of hydrogen-bond acceptors (Lipinski definition) is 4. The number of carbonyl (C=O) groups is 1. The van der Waals surface area contributed by atoms with E-state index in [-0.39, 0.29) is 17.9 Å². The van der Waals surface area contributed by atoms with Gasteiger partial charge in [0.2, 0.25) is 5.91 Å². The van der Waals surface area contributed by atoms with Crippen molar-refractivity contribution in [1.82, 2.24) is 14.7 Å². The van der Waals surface area contributed by atoms with E-state index >= 15 is 0 Å². The van der Waals surface area contributed by atoms with Crippen molar-refractivity contribution in [2.45, 2.75) is 25.3 Å². The lowest BCUT2D eigenvalue weighted by Crippen LogP contribution is -2.40. The molecule has 0 spiro atoms. The zero-order valence-corrected chi connectivity index (χ0v) is 14.6. The highest BCUT2D eigenvalue weighted by Crippen LogP contribution is 2.38. The maximum Gasteiger partial charge on any atom is 0.229 e. The highest BCUT2D eigenvalue weighted by atomic mass is 16.5. The SMILES string of the molecule is COc1cccc2c1OC[C@H](C(=O)N1CCC[C@@H]1c1cnn(C)c1)C2. The zero-order chi connectivity index (χ0) is 17.4. The minimum atomic E-state index is -0.142. The second kappa shape index (κ2) is 6.43. The van der Waals surface area contributed by atoms with E-state index in [1.165, 1.54) is 0 Å². The van der Waals surface area contributed by atoms with Gasteiger partial charge in [-0.15, -0.1) is 0 Å². The van der Waals surface area contributed by atoms with Crippen LogP contribution in [-0.2, 0) is 18.3 Å². The van der Waals surface area contributed by atoms with Gasteiger partial charge in [0.1, 0.15) is 6.61 Å². The van der Waals surface area contributed by atoms with Crippen molar-refractivity contribution < 1.29 is 14.3 Å². The number of carbonyl (C=O) groups excluding carboxylic acids is 1. The fourth-order valence-corrected chi connectivity index (χ4v) is 3.94. The molecular formula is C19H23N3O3. The number of methoxy groups -OCH3 is 1. The summed E-state index contributed by atoms with van der Waals surface area (Å²) in [4.78, 5) is 15.2. The molecule has 2 aliphatic heterocycles. The number of hydrogen-bond donors (Lipinski definition) is 0. The fourth-order valence-electron chi connectivity index (χ4n) is 3.94. The van der Waals surface area contributed by atoms with E-state index in [1.54, 1.807) is 11.8 Å². The van der Waals surface area contributed by atoms with Gasteiger partial charge >= 0.3 is 0 Å². The van der Waals surface area contributed by atoms with Crippen molar-refractivity contribution in [2.24, 2.45) is 13.0 Å². The average Bonchev–Trinajstić information content (AvgIpc) is 3.28. The van der Waals surface area contributed by atoms with Crippen molar-refractivity contribution >= 4 is 5.91 Å². The Morgan fingerprint density at radius 1 is 1.40 bits per heavy atom. The third kappa shape index (κ3) is 2.86. The number of likely N-dealkylation sites (tertiary alicyclic amines) is 1. The Labute approximate surface area is 147 Å². The van der Waals surface area contributed by atoms with Gasteiger partial charge in [-0.2, -0.15) is 5.10 Å². The van der Waals surface area contributed by atoms with Crippen LogP contribution in [0, 0.1) is 5.92 Å². The Hall–Kier alpha value is -2.50. The molecule has 0 unspecified atom stereocenters. The predicted molar refractivity (Wildman–Crippen MR) is 92.6 cm³/mol. The van der Waals surface area contributed by atoms with Gasteiger partial charge in [0.25, 0.3) is 0 Å². The van der Waals surface area contributed by atoms with Gasteiger partial charge in [-0.3, -0.25) is 9.48 Å². The Kier molecular flexibility index (Phi) is 4.11. The lowest BCUT2D eigenvalue weighted by atomic mass is 9.94. The van der Waals surface area contributed by atoms with Crippen LogP contribution in [0.1, 0.15) is 30.0 Å². The molecule has 2 atom stereocenters. The number of fused-ring (bicyclic) bond motifs is 1. The third-order valence-electron chi connectivity index (χ3n) is 5.17. The molecule has 2 aromatic rings. The molecule has 0 bridgehead atoms. The quantitative estimate of drug-likeness (QED) is 0.860. The number of aromatic nitrogens is 2. The summed E-state index contributed by atoms with van der Waals surface area (Å²) in [5, 5.41) is 4.26. The topological polar surface area (TPSA) is 56.6 Å². The van der Waals surface area contributed by atoms with Crippen LogP contribution in [0.3, 0.4) is 0 Å². The standard InChI is InChI=1S/C19H23N3O3/c1-21-11-15(10-20-21)16-6-4-8-22(16)19(23)14-9-13-5-3-7-17(24-2)18(13)25-12-14/h3,5,7,10-11,14,16H,4,6,8-9,12H2,1-2H3/t14-,16-/m1/s1. The number of ether oxygens (including phenoxy) is 2. The van der Waals surface area contributed by atoms with Crippen molar-refractivity contribution in [3.8, 4) is 11.5 Å². The summed E-state index contributed by atoms with van der Waals surface area (Å²) < 4.78 is 13.0. The normalized spacial score (nSPS) is 22.4. The molecule has 2 aliphatic rings. The maximum atomic E-state index is 13.1. The van der Waals surface area contributed by atoms with Crippen molar-refractivity contribution in [2.75, 3.05) is 20.3 Å². The molecule has 0 radical (unpaired) electrons. The Morgan fingerprint density at radius 3 is 3.04 bits per heavy atom. The van der Waals surface area contributed by atoms with Crippen LogP contribution < -0.4 is 9.47 Å². The van der Waals surface area contributed by atoms with Gasteiger partial charge in [0.15, 0.2) is 11.5 Å². The van der Waals surface area contributed by atoms with E-state index in [1.807, 2.05) is 42.5 Å². The Bertz CT molecular complexity index is 786. The van der Waals surface area contributed by atoms with Crippen LogP contribution in [0.4, 0.5) is 0 Å². The molecule has 132 valence electrons. The number of rotatable bonds is 3. The van der Waals surface area contributed by atoms with Crippen LogP contribution in [0.25, 0.3) is 0 Å². The lowest BCUT2D eigenvalue weighted by Gasteiger charge is -2.31. The summed E-state index contributed by atoms with van der Waals surface area (Å²) in [7, 11) is 3.54. The number of para-hydroxylation sites is 1. The van der Waals surface area contributed by atoms with Gasteiger partial charge in [-0.1, -0.05) is 12.1 Å². The highest BCUT2D eigenvalue weighted by molar-refractivity contribution is 5.80. The molecule has 1 aromatic carbocycles. The van der Waals surface area contributed by atoms with Gasteiger partial charge in [0, 0.05) is 25.4 Å². The molecule has 1 amide bonds. The Morgan fingerprint density at radius 2 is 2.28 bits per heavy atom. The van der Waals surface area contributed by atoms with E-state index in [4.69, 9.17) is 9.47 Å². The average molecular weight is 341 g/mol. The van der Waals surface area contributed by atoms with E-state index < -0.39 is 0 Å². The monoisotopic (exact) mass is 341 g/mol. The number of benzene rings is 1. The summed E-state index contributed by atoms with van der Waals surface area (Å²) >= 11 is 0. The van der Waals surface area contributed by atoms with Gasteiger partial charge < -0.3 is 14.4 Å². The molecule has 0 N–H and O–H groups in total. The molecular weight excluding hydrogens is 318 g/mol. The first kappa shape index (κ1) is 16.0. The maximum absolute atomic E-state index is 13.1. The van der Waals surface area contributed by atoms with Crippen LogP contribution >= 0.6 is 0 Å². The second-order valence-corrected chi connectivity index (χ2v) is 6.80. The zero-order valence-electron chi connectivity index (χ0n) is 14.6. The third-order valence-corrected chi connectivity index (χ3v) is 5.17. The van der Waals surface area contributed by atoms with Crippen molar-refractivity contribution in [3.63, 3.8) is 0 Å². The van der Waals surface area contributed by atoms with Crippen LogP contribution in [0.15, 0.2) is 30.6 Å². The molecule has 3 heterocycles. The Balaban J connectivity index is 1.53. The molecule has 1 fully saturated rings. The second-order valence-electron chi connectivity index (χ2n) is 6.80. The summed E-state index contributed by atoms with van der Waals surface area (Å²) in [6, 6.07) is 5.98. The number of amides is 1. The van der Waals surface area contributed by atoms with Crippen molar-refractivity contribution in [3.05, 3.63) is 41.7 Å². The largest absolute Gasteiger partial charge is 0.493 e. The molecule has 25 heavy (non-hydrogen) atoms. The summed E-state index contributed by atoms with van der Waals surface area (Å²) in [5.41, 5.74) is 2.16. The number of aryl methyl sites for hydroxylation is 1. The first-order chi connectivity index (χ1) is 12.2. The summed E-state index contributed by atoms with van der Waals surface area (Å²) in [6.45, 7) is 1.21. The van der Waals surface area contributed by atoms with E-state index in [2.05, 4.69) is 5.10 Å². The van der Waals surface area contributed by atoms with E-state index in [0.717, 1.165) is 42.0 Å². The number of nitrogens with zero attached hydrogens (tertiary/aromatic N) is 3. The smallest absolute Gasteiger partial charge is 0.229 e. The highest BCUT2D eigenvalue weighted by Gasteiger charge is 2.37. The molecule has 0 saturated carbocycles. The molecule has 4 rings (SSSR count). The lowest BCUT2D eigenvalue weighted by molar-refractivity contribution is -0.137. The molecule has 0 aliphatic carbocycles. The van der Waals surface area contributed by atoms with E-state index in [0.29, 0.717) is 13.0 Å². The van der Waals surface area contributed by atoms with Gasteiger partial charge in [-0.05, 0) is 30.9 Å². The minimum Gasteiger partial charge on any atom is -0.493 e. The van der Waals surface area contributed by atoms with Crippen LogP contribution in [0.5, 0.6) is 11.5 Å². The summed E-state index contributed by atoms with van der Waals surface area (Å²) in [5.74, 6) is 1.55.